The molecule has 0 saturated carbocycles. The summed E-state index contributed by atoms with van der Waals surface area (Å²) in [7, 11) is 0. The Morgan fingerprint density at radius 1 is 1.00 bits per heavy atom. The molecule has 4 aromatic heterocycles. The van der Waals surface area contributed by atoms with E-state index in [0.717, 1.165) is 15.8 Å². The largest absolute Gasteiger partial charge is 0.320 e. The Balaban J connectivity index is 2.03. The molecule has 0 spiro atoms. The van der Waals surface area contributed by atoms with Crippen LogP contribution in [0.2, 0.25) is 0 Å². The first kappa shape index (κ1) is 13.8. The number of alkyl halides is 2. The molecule has 4 heterocycles. The van der Waals surface area contributed by atoms with Gasteiger partial charge in [-0.05, 0) is 37.3 Å². The molecule has 0 radical (unpaired) electrons. The fraction of sp³-hybridized carbons (Fsp3) is 0.118. The van der Waals surface area contributed by atoms with Crippen molar-refractivity contribution >= 4 is 21.9 Å². The molecule has 0 unspecified atom stereocenters. The lowest BCUT2D eigenvalue weighted by Crippen LogP contribution is -1.99. The van der Waals surface area contributed by atoms with Gasteiger partial charge in [0.25, 0.3) is 0 Å². The van der Waals surface area contributed by atoms with Gasteiger partial charge in [0, 0.05) is 40.6 Å². The van der Waals surface area contributed by atoms with E-state index in [9.17, 15) is 8.78 Å². The average molecular weight is 310 g/mol. The van der Waals surface area contributed by atoms with Crippen molar-refractivity contribution in [3.8, 4) is 11.3 Å². The van der Waals surface area contributed by atoms with Crippen molar-refractivity contribution < 1.29 is 8.78 Å². The van der Waals surface area contributed by atoms with Crippen LogP contribution < -0.4 is 0 Å². The highest BCUT2D eigenvalue weighted by Gasteiger charge is 2.18. The number of hydrogen-bond acceptors (Lipinski definition) is 3. The average Bonchev–Trinajstić information content (AvgIpc) is 2.89. The van der Waals surface area contributed by atoms with Crippen LogP contribution in [-0.2, 0) is 0 Å². The highest BCUT2D eigenvalue weighted by molar-refractivity contribution is 6.06. The first-order valence-corrected chi connectivity index (χ1v) is 7.11. The first-order chi connectivity index (χ1) is 11.1. The Labute approximate surface area is 130 Å². The number of fused-ring (bicyclic) bond motifs is 3. The summed E-state index contributed by atoms with van der Waals surface area (Å²) in [5.41, 5.74) is 2.98. The van der Waals surface area contributed by atoms with Crippen LogP contribution in [0.5, 0.6) is 0 Å². The molecule has 4 rings (SSSR count). The van der Waals surface area contributed by atoms with E-state index < -0.39 is 6.55 Å². The van der Waals surface area contributed by atoms with E-state index >= 15 is 0 Å². The molecule has 23 heavy (non-hydrogen) atoms. The predicted octanol–water partition coefficient (Wildman–Crippen LogP) is 4.35. The molecular formula is C17H12F2N4. The third kappa shape index (κ3) is 2.14. The summed E-state index contributed by atoms with van der Waals surface area (Å²) in [5.74, 6) is 0. The molecule has 0 atom stereocenters. The summed E-state index contributed by atoms with van der Waals surface area (Å²) in [5, 5.41) is 1.33. The van der Waals surface area contributed by atoms with Crippen LogP contribution in [0.3, 0.4) is 0 Å². The van der Waals surface area contributed by atoms with Gasteiger partial charge in [-0.25, -0.2) is 4.98 Å². The fourth-order valence-corrected chi connectivity index (χ4v) is 2.74. The zero-order chi connectivity index (χ0) is 16.0. The molecule has 0 fully saturated rings. The van der Waals surface area contributed by atoms with Crippen molar-refractivity contribution in [2.24, 2.45) is 0 Å². The Morgan fingerprint density at radius 3 is 2.61 bits per heavy atom. The lowest BCUT2D eigenvalue weighted by molar-refractivity contribution is 0.0791. The van der Waals surface area contributed by atoms with Crippen LogP contribution in [0, 0.1) is 6.92 Å². The van der Waals surface area contributed by atoms with Gasteiger partial charge in [-0.3, -0.25) is 14.5 Å². The van der Waals surface area contributed by atoms with Crippen LogP contribution in [0.15, 0.2) is 48.9 Å². The topological polar surface area (TPSA) is 43.6 Å². The monoisotopic (exact) mass is 310 g/mol. The standard InChI is InChI=1S/C17H12F2N4/c1-10-2-3-11(8-21-10)14-5-4-12-13-9-20-7-6-15(13)23(17(18)19)16(12)22-14/h2-9,17H,1H3. The fourth-order valence-electron chi connectivity index (χ4n) is 2.74. The Hall–Kier alpha value is -2.89. The van der Waals surface area contributed by atoms with Gasteiger partial charge in [-0.1, -0.05) is 0 Å². The van der Waals surface area contributed by atoms with E-state index in [-0.39, 0.29) is 5.65 Å². The van der Waals surface area contributed by atoms with E-state index in [1.807, 2.05) is 25.1 Å². The number of nitrogens with zero attached hydrogens (tertiary/aromatic N) is 4. The quantitative estimate of drug-likeness (QED) is 0.553. The molecule has 114 valence electrons. The molecular weight excluding hydrogens is 298 g/mol. The Bertz CT molecular complexity index is 1010. The maximum Gasteiger partial charge on any atom is 0.320 e. The van der Waals surface area contributed by atoms with Crippen LogP contribution >= 0.6 is 0 Å². The molecule has 4 nitrogen and oxygen atoms in total. The van der Waals surface area contributed by atoms with Crippen molar-refractivity contribution in [2.75, 3.05) is 0 Å². The van der Waals surface area contributed by atoms with E-state index in [1.165, 1.54) is 6.20 Å². The molecule has 0 aromatic carbocycles. The van der Waals surface area contributed by atoms with Crippen molar-refractivity contribution in [3.05, 3.63) is 54.6 Å². The second-order valence-electron chi connectivity index (χ2n) is 5.30. The summed E-state index contributed by atoms with van der Waals surface area (Å²) in [6.45, 7) is -0.779. The number of pyridine rings is 3. The maximum atomic E-state index is 13.5. The molecule has 0 aliphatic carbocycles. The van der Waals surface area contributed by atoms with E-state index in [1.54, 1.807) is 24.5 Å². The van der Waals surface area contributed by atoms with Crippen LogP contribution in [0.4, 0.5) is 8.78 Å². The predicted molar refractivity (Wildman–Crippen MR) is 84.3 cm³/mol. The minimum atomic E-state index is -2.67. The highest BCUT2D eigenvalue weighted by atomic mass is 19.3. The molecule has 4 aromatic rings. The number of halogens is 2. The normalized spacial score (nSPS) is 11.7. The van der Waals surface area contributed by atoms with Gasteiger partial charge < -0.3 is 0 Å². The van der Waals surface area contributed by atoms with Gasteiger partial charge in [-0.15, -0.1) is 0 Å². The van der Waals surface area contributed by atoms with Crippen molar-refractivity contribution in [3.63, 3.8) is 0 Å². The summed E-state index contributed by atoms with van der Waals surface area (Å²) in [6, 6.07) is 8.95. The summed E-state index contributed by atoms with van der Waals surface area (Å²) < 4.78 is 28.0. The SMILES string of the molecule is Cc1ccc(-c2ccc3c4cnccc4n(C(F)F)c3n2)cn1. The van der Waals surface area contributed by atoms with Crippen LogP contribution in [0.1, 0.15) is 12.2 Å². The van der Waals surface area contributed by atoms with Gasteiger partial charge in [0.2, 0.25) is 0 Å². The van der Waals surface area contributed by atoms with Crippen molar-refractivity contribution in [2.45, 2.75) is 13.5 Å². The number of aromatic nitrogens is 4. The van der Waals surface area contributed by atoms with Crippen LogP contribution in [-0.4, -0.2) is 19.5 Å². The lowest BCUT2D eigenvalue weighted by Gasteiger charge is -2.06. The molecule has 0 bridgehead atoms. The molecule has 0 saturated heterocycles. The van der Waals surface area contributed by atoms with Crippen molar-refractivity contribution in [1.29, 1.82) is 0 Å². The van der Waals surface area contributed by atoms with Gasteiger partial charge >= 0.3 is 6.55 Å². The Kier molecular flexibility index (Phi) is 3.04. The smallest absolute Gasteiger partial charge is 0.268 e. The lowest BCUT2D eigenvalue weighted by atomic mass is 10.1. The summed E-state index contributed by atoms with van der Waals surface area (Å²) >= 11 is 0. The van der Waals surface area contributed by atoms with Gasteiger partial charge in [-0.2, -0.15) is 8.78 Å². The second kappa shape index (κ2) is 5.08. The first-order valence-electron chi connectivity index (χ1n) is 7.11. The van der Waals surface area contributed by atoms with Gasteiger partial charge in [0.1, 0.15) is 5.65 Å². The maximum absolute atomic E-state index is 13.5. The van der Waals surface area contributed by atoms with Crippen molar-refractivity contribution in [1.82, 2.24) is 19.5 Å². The second-order valence-corrected chi connectivity index (χ2v) is 5.30. The molecule has 6 heteroatoms. The zero-order valence-corrected chi connectivity index (χ0v) is 12.2. The van der Waals surface area contributed by atoms with E-state index in [2.05, 4.69) is 15.0 Å². The third-order valence-corrected chi connectivity index (χ3v) is 3.85. The minimum Gasteiger partial charge on any atom is -0.268 e. The third-order valence-electron chi connectivity index (χ3n) is 3.85. The molecule has 0 aliphatic heterocycles. The Morgan fingerprint density at radius 2 is 1.87 bits per heavy atom. The summed E-state index contributed by atoms with van der Waals surface area (Å²) in [4.78, 5) is 12.7. The minimum absolute atomic E-state index is 0.251. The molecule has 0 aliphatic rings. The van der Waals surface area contributed by atoms with Gasteiger partial charge in [0.15, 0.2) is 0 Å². The zero-order valence-electron chi connectivity index (χ0n) is 12.2. The highest BCUT2D eigenvalue weighted by Crippen LogP contribution is 2.32. The molecule has 0 N–H and O–H groups in total. The molecule has 0 amide bonds. The van der Waals surface area contributed by atoms with Gasteiger partial charge in [0.05, 0.1) is 11.2 Å². The number of hydrogen-bond donors (Lipinski definition) is 0. The van der Waals surface area contributed by atoms with E-state index in [0.29, 0.717) is 22.0 Å². The van der Waals surface area contributed by atoms with Crippen LogP contribution in [0.25, 0.3) is 33.2 Å². The number of rotatable bonds is 2. The summed E-state index contributed by atoms with van der Waals surface area (Å²) in [6.07, 6.45) is 4.79. The number of aryl methyl sites for hydroxylation is 1. The van der Waals surface area contributed by atoms with E-state index in [4.69, 9.17) is 0 Å².